The van der Waals surface area contributed by atoms with Gasteiger partial charge in [-0.15, -0.1) is 0 Å². The highest BCUT2D eigenvalue weighted by molar-refractivity contribution is 7.91. The number of rotatable bonds is 6. The summed E-state index contributed by atoms with van der Waals surface area (Å²) >= 11 is 0. The van der Waals surface area contributed by atoms with Crippen molar-refractivity contribution in [1.29, 1.82) is 0 Å². The van der Waals surface area contributed by atoms with Crippen molar-refractivity contribution in [2.45, 2.75) is 51.1 Å². The minimum Gasteiger partial charge on any atom is -0.473 e. The lowest BCUT2D eigenvalue weighted by molar-refractivity contribution is -0.137. The zero-order chi connectivity index (χ0) is 23.9. The molecule has 5 nitrogen and oxygen atoms in total. The molecular formula is C25H25F3N2O3S. The third-order valence-electron chi connectivity index (χ3n) is 6.51. The molecule has 0 saturated carbocycles. The molecule has 0 bridgehead atoms. The lowest BCUT2D eigenvalue weighted by atomic mass is 10.0. The average molecular weight is 491 g/mol. The van der Waals surface area contributed by atoms with Crippen LogP contribution in [0.15, 0.2) is 42.5 Å². The number of ether oxygens (including phenoxy) is 1. The summed E-state index contributed by atoms with van der Waals surface area (Å²) in [6.07, 6.45) is -0.722. The van der Waals surface area contributed by atoms with Crippen LogP contribution >= 0.6 is 0 Å². The van der Waals surface area contributed by atoms with Crippen LogP contribution < -0.4 is 10.1 Å². The molecule has 180 valence electrons. The third-order valence-corrected chi connectivity index (χ3v) is 8.28. The summed E-state index contributed by atoms with van der Waals surface area (Å²) in [6, 6.07) is 11.1. The standard InChI is InChI=1S/C25H25F3N2O3S/c26-25(27,28)21-6-1-3-16(9-21)14-33-24-20(13-29-22-7-8-34(31,32)15-22)11-19-10-17-4-2-5-18(17)12-23(19)30-24/h1,3,6,9-12,22,29H,2,4-5,7-8,13-15H2/t22-/m1/s1. The van der Waals surface area contributed by atoms with Crippen LogP contribution in [0.2, 0.25) is 0 Å². The van der Waals surface area contributed by atoms with Crippen molar-refractivity contribution in [3.05, 3.63) is 70.3 Å². The molecule has 2 aromatic carbocycles. The number of aromatic nitrogens is 1. The van der Waals surface area contributed by atoms with Gasteiger partial charge in [0.2, 0.25) is 5.88 Å². The van der Waals surface area contributed by atoms with E-state index in [2.05, 4.69) is 17.4 Å². The average Bonchev–Trinajstić information content (AvgIpc) is 3.39. The van der Waals surface area contributed by atoms with Crippen molar-refractivity contribution in [2.24, 2.45) is 0 Å². The Kier molecular flexibility index (Phi) is 6.02. The number of hydrogen-bond donors (Lipinski definition) is 1. The largest absolute Gasteiger partial charge is 0.473 e. The molecule has 1 atom stereocenters. The van der Waals surface area contributed by atoms with Crippen molar-refractivity contribution < 1.29 is 26.3 Å². The Labute approximate surface area is 196 Å². The van der Waals surface area contributed by atoms with E-state index >= 15 is 0 Å². The van der Waals surface area contributed by atoms with Crippen LogP contribution in [0.5, 0.6) is 5.88 Å². The van der Waals surface area contributed by atoms with Gasteiger partial charge in [0.1, 0.15) is 6.61 Å². The fraction of sp³-hybridized carbons (Fsp3) is 0.400. The van der Waals surface area contributed by atoms with Crippen molar-refractivity contribution in [3.8, 4) is 5.88 Å². The maximum Gasteiger partial charge on any atom is 0.416 e. The number of pyridine rings is 1. The van der Waals surface area contributed by atoms with Crippen molar-refractivity contribution in [2.75, 3.05) is 11.5 Å². The summed E-state index contributed by atoms with van der Waals surface area (Å²) < 4.78 is 68.8. The predicted molar refractivity (Wildman–Crippen MR) is 123 cm³/mol. The Hall–Kier alpha value is -2.65. The van der Waals surface area contributed by atoms with E-state index in [9.17, 15) is 21.6 Å². The number of benzene rings is 2. The van der Waals surface area contributed by atoms with Crippen LogP contribution in [0.3, 0.4) is 0 Å². The maximum atomic E-state index is 13.1. The molecule has 9 heteroatoms. The number of nitrogens with one attached hydrogen (secondary N) is 1. The van der Waals surface area contributed by atoms with E-state index in [0.717, 1.165) is 47.9 Å². The van der Waals surface area contributed by atoms with Crippen LogP contribution in [0.25, 0.3) is 10.9 Å². The van der Waals surface area contributed by atoms with E-state index in [1.54, 1.807) is 6.07 Å². The smallest absolute Gasteiger partial charge is 0.416 e. The number of aryl methyl sites for hydroxylation is 2. The molecule has 1 fully saturated rings. The molecule has 5 rings (SSSR count). The summed E-state index contributed by atoms with van der Waals surface area (Å²) in [6.45, 7) is 0.302. The summed E-state index contributed by atoms with van der Waals surface area (Å²) in [7, 11) is -3.02. The molecule has 0 spiro atoms. The van der Waals surface area contributed by atoms with E-state index in [1.807, 2.05) is 6.07 Å². The quantitative estimate of drug-likeness (QED) is 0.547. The summed E-state index contributed by atoms with van der Waals surface area (Å²) in [4.78, 5) is 4.71. The Morgan fingerprint density at radius 3 is 2.62 bits per heavy atom. The van der Waals surface area contributed by atoms with Crippen LogP contribution in [0, 0.1) is 0 Å². The van der Waals surface area contributed by atoms with Gasteiger partial charge >= 0.3 is 6.18 Å². The van der Waals surface area contributed by atoms with E-state index in [4.69, 9.17) is 9.72 Å². The lowest BCUT2D eigenvalue weighted by Gasteiger charge is -2.16. The summed E-state index contributed by atoms with van der Waals surface area (Å²) in [5.74, 6) is 0.615. The Morgan fingerprint density at radius 2 is 1.88 bits per heavy atom. The maximum absolute atomic E-state index is 13.1. The fourth-order valence-electron chi connectivity index (χ4n) is 4.72. The molecule has 0 radical (unpaired) electrons. The molecule has 2 aliphatic rings. The van der Waals surface area contributed by atoms with E-state index in [-0.39, 0.29) is 24.2 Å². The topological polar surface area (TPSA) is 68.3 Å². The van der Waals surface area contributed by atoms with Gasteiger partial charge in [-0.3, -0.25) is 0 Å². The summed E-state index contributed by atoms with van der Waals surface area (Å²) in [5, 5.41) is 4.27. The first-order valence-electron chi connectivity index (χ1n) is 11.3. The number of alkyl halides is 3. The van der Waals surface area contributed by atoms with E-state index < -0.39 is 21.6 Å². The third kappa shape index (κ3) is 5.05. The molecule has 1 aliphatic heterocycles. The highest BCUT2D eigenvalue weighted by Gasteiger charge is 2.30. The van der Waals surface area contributed by atoms with Gasteiger partial charge in [-0.25, -0.2) is 13.4 Å². The van der Waals surface area contributed by atoms with E-state index in [0.29, 0.717) is 24.4 Å². The van der Waals surface area contributed by atoms with Gasteiger partial charge in [-0.2, -0.15) is 13.2 Å². The first-order chi connectivity index (χ1) is 16.2. The zero-order valence-electron chi connectivity index (χ0n) is 18.5. The zero-order valence-corrected chi connectivity index (χ0v) is 19.3. The van der Waals surface area contributed by atoms with Gasteiger partial charge < -0.3 is 10.1 Å². The van der Waals surface area contributed by atoms with Crippen LogP contribution in [0.1, 0.15) is 40.7 Å². The van der Waals surface area contributed by atoms with Crippen LogP contribution in [-0.4, -0.2) is 30.9 Å². The molecule has 0 amide bonds. The van der Waals surface area contributed by atoms with Crippen molar-refractivity contribution in [3.63, 3.8) is 0 Å². The number of fused-ring (bicyclic) bond motifs is 2. The first kappa shape index (κ1) is 23.1. The first-order valence-corrected chi connectivity index (χ1v) is 13.2. The molecular weight excluding hydrogens is 465 g/mol. The molecule has 1 aromatic heterocycles. The molecule has 1 saturated heterocycles. The summed E-state index contributed by atoms with van der Waals surface area (Å²) in [5.41, 5.74) is 3.79. The monoisotopic (exact) mass is 490 g/mol. The van der Waals surface area contributed by atoms with Crippen molar-refractivity contribution >= 4 is 20.7 Å². The van der Waals surface area contributed by atoms with Gasteiger partial charge in [-0.1, -0.05) is 12.1 Å². The Balaban J connectivity index is 1.42. The predicted octanol–water partition coefficient (Wildman–Crippen LogP) is 4.60. The molecule has 0 unspecified atom stereocenters. The normalized spacial score (nSPS) is 19.4. The highest BCUT2D eigenvalue weighted by Crippen LogP contribution is 2.32. The lowest BCUT2D eigenvalue weighted by Crippen LogP contribution is -2.29. The van der Waals surface area contributed by atoms with Crippen LogP contribution in [0.4, 0.5) is 13.2 Å². The van der Waals surface area contributed by atoms with Gasteiger partial charge in [0.25, 0.3) is 0 Å². The van der Waals surface area contributed by atoms with Crippen LogP contribution in [-0.2, 0) is 42.0 Å². The fourth-order valence-corrected chi connectivity index (χ4v) is 6.43. The molecule has 1 N–H and O–H groups in total. The highest BCUT2D eigenvalue weighted by atomic mass is 32.2. The number of sulfone groups is 1. The minimum atomic E-state index is -4.42. The second kappa shape index (κ2) is 8.85. The Morgan fingerprint density at radius 1 is 1.09 bits per heavy atom. The van der Waals surface area contributed by atoms with Gasteiger partial charge in [-0.05, 0) is 72.7 Å². The van der Waals surface area contributed by atoms with Gasteiger partial charge in [0.05, 0.1) is 22.6 Å². The molecule has 2 heterocycles. The Bertz CT molecular complexity index is 1340. The van der Waals surface area contributed by atoms with Gasteiger partial charge in [0, 0.05) is 23.5 Å². The second-order valence-corrected chi connectivity index (χ2v) is 11.3. The van der Waals surface area contributed by atoms with Crippen molar-refractivity contribution in [1.82, 2.24) is 10.3 Å². The number of nitrogens with zero attached hydrogens (tertiary/aromatic N) is 1. The van der Waals surface area contributed by atoms with E-state index in [1.165, 1.54) is 17.2 Å². The molecule has 3 aromatic rings. The van der Waals surface area contributed by atoms with Gasteiger partial charge in [0.15, 0.2) is 9.84 Å². The number of halogens is 3. The molecule has 34 heavy (non-hydrogen) atoms. The minimum absolute atomic E-state index is 0.0574. The second-order valence-electron chi connectivity index (χ2n) is 9.09. The SMILES string of the molecule is O=S1(=O)CC[C@@H](NCc2cc3cc4c(cc3nc2OCc2cccc(C(F)(F)F)c2)CCC4)C1. The molecule has 1 aliphatic carbocycles. The number of hydrogen-bond acceptors (Lipinski definition) is 5.